The number of carbonyl (C=O) groups is 2. The van der Waals surface area contributed by atoms with Crippen molar-refractivity contribution in [2.75, 3.05) is 0 Å². The smallest absolute Gasteiger partial charge is 0.338 e. The zero-order valence-corrected chi connectivity index (χ0v) is 16.3. The lowest BCUT2D eigenvalue weighted by Gasteiger charge is -2.25. The van der Waals surface area contributed by atoms with Crippen LogP contribution in [0.2, 0.25) is 0 Å². The summed E-state index contributed by atoms with van der Waals surface area (Å²) in [5.41, 5.74) is 3.39. The second-order valence-electron chi connectivity index (χ2n) is 7.44. The van der Waals surface area contributed by atoms with Crippen molar-refractivity contribution < 1.29 is 23.5 Å². The lowest BCUT2D eigenvalue weighted by Crippen LogP contribution is -2.28. The molecule has 0 aliphatic carbocycles. The average Bonchev–Trinajstić information content (AvgIpc) is 2.55. The van der Waals surface area contributed by atoms with Gasteiger partial charge in [-0.1, -0.05) is 25.5 Å². The lowest BCUT2D eigenvalue weighted by atomic mass is 9.93. The monoisotopic (exact) mass is 368 g/mol. The molecule has 0 spiro atoms. The number of ether oxygens (including phenoxy) is 1. The van der Waals surface area contributed by atoms with Crippen LogP contribution < -0.4 is 0 Å². The van der Waals surface area contributed by atoms with Gasteiger partial charge < -0.3 is 4.74 Å². The molecule has 0 radical (unpaired) electrons. The Morgan fingerprint density at radius 3 is 2.26 bits per heavy atom. The summed E-state index contributed by atoms with van der Waals surface area (Å²) in [6.45, 7) is 9.42. The molecule has 0 atom stereocenters. The molecule has 0 aliphatic heterocycles. The van der Waals surface area contributed by atoms with E-state index in [1.807, 2.05) is 27.7 Å². The first-order valence-electron chi connectivity index (χ1n) is 9.11. The average molecular weight is 368 g/mol. The summed E-state index contributed by atoms with van der Waals surface area (Å²) in [5, 5.41) is 0. The molecule has 5 nitrogen and oxygen atoms in total. The van der Waals surface area contributed by atoms with E-state index in [4.69, 9.17) is 13.9 Å². The van der Waals surface area contributed by atoms with Gasteiger partial charge >= 0.3 is 5.97 Å². The van der Waals surface area contributed by atoms with E-state index in [0.29, 0.717) is 33.4 Å². The Morgan fingerprint density at radius 1 is 0.963 bits per heavy atom. The third kappa shape index (κ3) is 3.54. The molecule has 0 fully saturated rings. The molecule has 0 unspecified atom stereocenters. The summed E-state index contributed by atoms with van der Waals surface area (Å²) in [6.07, 6.45) is 1.69. The van der Waals surface area contributed by atoms with E-state index in [0.717, 1.165) is 18.4 Å². The van der Waals surface area contributed by atoms with Crippen molar-refractivity contribution in [1.29, 1.82) is 0 Å². The molecule has 0 bridgehead atoms. The fraction of sp³-hybridized carbons (Fsp3) is 0.364. The number of hydrogen-bond donors (Lipinski definition) is 0. The number of hydrogen-bond acceptors (Lipinski definition) is 5. The maximum Gasteiger partial charge on any atom is 0.338 e. The molecule has 27 heavy (non-hydrogen) atoms. The predicted molar refractivity (Wildman–Crippen MR) is 102 cm³/mol. The van der Waals surface area contributed by atoms with E-state index in [-0.39, 0.29) is 5.78 Å². The Morgan fingerprint density at radius 2 is 1.63 bits per heavy atom. The minimum absolute atomic E-state index is 0.161. The third-order valence-electron chi connectivity index (χ3n) is 4.85. The minimum Gasteiger partial charge on any atom is -0.456 e. The molecule has 3 rings (SSSR count). The summed E-state index contributed by atoms with van der Waals surface area (Å²) in [6, 6.07) is 8.55. The Labute approximate surface area is 158 Å². The highest BCUT2D eigenvalue weighted by Crippen LogP contribution is 2.28. The van der Waals surface area contributed by atoms with E-state index in [1.165, 1.54) is 0 Å². The van der Waals surface area contributed by atoms with Gasteiger partial charge in [0, 0.05) is 16.7 Å². The molecule has 2 aromatic carbocycles. The Bertz CT molecular complexity index is 1000. The topological polar surface area (TPSA) is 69.7 Å². The summed E-state index contributed by atoms with van der Waals surface area (Å²) >= 11 is 0. The fourth-order valence-corrected chi connectivity index (χ4v) is 3.34. The minimum atomic E-state index is -0.548. The largest absolute Gasteiger partial charge is 0.456 e. The lowest BCUT2D eigenvalue weighted by molar-refractivity contribution is -0.00479. The zero-order valence-electron chi connectivity index (χ0n) is 16.3. The van der Waals surface area contributed by atoms with Crippen LogP contribution in [0.3, 0.4) is 0 Å². The van der Waals surface area contributed by atoms with Crippen LogP contribution in [0.5, 0.6) is 0 Å². The van der Waals surface area contributed by atoms with Crippen LogP contribution in [-0.2, 0) is 4.74 Å². The van der Waals surface area contributed by atoms with Crippen LogP contribution in [0.15, 0.2) is 39.5 Å². The maximum atomic E-state index is 13.1. The molecular formula is C22H24O5. The van der Waals surface area contributed by atoms with Crippen LogP contribution in [0.4, 0.5) is 0 Å². The highest BCUT2D eigenvalue weighted by molar-refractivity contribution is 6.13. The third-order valence-corrected chi connectivity index (χ3v) is 4.85. The van der Waals surface area contributed by atoms with Gasteiger partial charge in [0.1, 0.15) is 5.60 Å². The van der Waals surface area contributed by atoms with Crippen LogP contribution >= 0.6 is 0 Å². The summed E-state index contributed by atoms with van der Waals surface area (Å²) in [5.74, 6) is -0.572. The molecule has 1 aromatic heterocycles. The van der Waals surface area contributed by atoms with Gasteiger partial charge in [0.05, 0.1) is 5.56 Å². The second-order valence-corrected chi connectivity index (χ2v) is 7.44. The first-order chi connectivity index (χ1) is 12.7. The number of benzene rings is 2. The first-order valence-corrected chi connectivity index (χ1v) is 9.11. The summed E-state index contributed by atoms with van der Waals surface area (Å²) in [4.78, 5) is 25.8. The zero-order chi connectivity index (χ0) is 19.8. The highest BCUT2D eigenvalue weighted by Gasteiger charge is 2.26. The molecule has 0 aliphatic rings. The molecular weight excluding hydrogens is 344 g/mol. The second kappa shape index (κ2) is 7.06. The number of fused-ring (bicyclic) bond motifs is 1. The Balaban J connectivity index is 1.94. The number of rotatable bonds is 6. The van der Waals surface area contributed by atoms with Gasteiger partial charge in [0.25, 0.3) is 0 Å². The number of aryl methyl sites for hydroxylation is 1. The SMILES string of the molecule is CCCC(C)(C)OC(=O)c1cccc(C(=O)c2ccc3ooc3c2C)c1C. The van der Waals surface area contributed by atoms with E-state index in [9.17, 15) is 9.59 Å². The van der Waals surface area contributed by atoms with Gasteiger partial charge in [0.15, 0.2) is 5.78 Å². The van der Waals surface area contributed by atoms with Crippen molar-refractivity contribution in [3.63, 3.8) is 0 Å². The summed E-state index contributed by atoms with van der Waals surface area (Å²) in [7, 11) is 0. The Kier molecular flexibility index (Phi) is 4.96. The van der Waals surface area contributed by atoms with Crippen LogP contribution in [-0.4, -0.2) is 17.4 Å². The number of esters is 1. The fourth-order valence-electron chi connectivity index (χ4n) is 3.34. The molecule has 5 heteroatoms. The molecule has 0 N–H and O–H groups in total. The van der Waals surface area contributed by atoms with Crippen molar-refractivity contribution in [1.82, 2.24) is 0 Å². The molecule has 142 valence electrons. The summed E-state index contributed by atoms with van der Waals surface area (Å²) < 4.78 is 15.5. The Hall–Kier alpha value is -2.82. The normalized spacial score (nSPS) is 11.7. The van der Waals surface area contributed by atoms with E-state index in [1.54, 1.807) is 37.3 Å². The van der Waals surface area contributed by atoms with Gasteiger partial charge in [0.2, 0.25) is 11.2 Å². The van der Waals surface area contributed by atoms with E-state index < -0.39 is 11.6 Å². The highest BCUT2D eigenvalue weighted by atomic mass is 17.0. The number of ketones is 1. The van der Waals surface area contributed by atoms with E-state index >= 15 is 0 Å². The first kappa shape index (κ1) is 19.0. The van der Waals surface area contributed by atoms with Gasteiger partial charge in [-0.15, -0.1) is 0 Å². The van der Waals surface area contributed by atoms with Crippen molar-refractivity contribution in [2.45, 2.75) is 53.1 Å². The molecule has 3 aromatic rings. The van der Waals surface area contributed by atoms with Crippen molar-refractivity contribution in [3.8, 4) is 0 Å². The van der Waals surface area contributed by atoms with Crippen LogP contribution in [0.1, 0.15) is 71.0 Å². The van der Waals surface area contributed by atoms with Gasteiger partial charge in [-0.3, -0.25) is 13.9 Å². The standard InChI is InChI=1S/C22H24O5/c1-6-12-22(4,5)25-21(24)17-9-7-8-15(13(17)2)19(23)16-10-11-18-20(14(16)3)27-26-18/h7-11H,6,12H2,1-5H3. The maximum absolute atomic E-state index is 13.1. The van der Waals surface area contributed by atoms with Gasteiger partial charge in [-0.25, -0.2) is 4.79 Å². The molecule has 0 saturated carbocycles. The molecule has 1 heterocycles. The van der Waals surface area contributed by atoms with Crippen molar-refractivity contribution in [2.24, 2.45) is 0 Å². The van der Waals surface area contributed by atoms with Crippen molar-refractivity contribution in [3.05, 3.63) is 58.1 Å². The van der Waals surface area contributed by atoms with Crippen LogP contribution in [0.25, 0.3) is 11.2 Å². The van der Waals surface area contributed by atoms with E-state index in [2.05, 4.69) is 0 Å². The quantitative estimate of drug-likeness (QED) is 0.321. The van der Waals surface area contributed by atoms with Gasteiger partial charge in [-0.2, -0.15) is 0 Å². The molecule has 0 amide bonds. The van der Waals surface area contributed by atoms with Gasteiger partial charge in [-0.05, 0) is 57.9 Å². The number of carbonyl (C=O) groups excluding carboxylic acids is 2. The molecule has 0 saturated heterocycles. The predicted octanol–water partition coefficient (Wildman–Crippen LogP) is 5.61. The van der Waals surface area contributed by atoms with Crippen molar-refractivity contribution >= 4 is 22.9 Å². The van der Waals surface area contributed by atoms with Crippen LogP contribution in [0, 0.1) is 13.8 Å².